The Bertz CT molecular complexity index is 932. The van der Waals surface area contributed by atoms with E-state index in [9.17, 15) is 4.79 Å². The Hall–Kier alpha value is -2.64. The Balaban J connectivity index is 1.54. The Kier molecular flexibility index (Phi) is 4.96. The molecule has 1 aliphatic rings. The van der Waals surface area contributed by atoms with Crippen LogP contribution < -0.4 is 10.5 Å². The van der Waals surface area contributed by atoms with Gasteiger partial charge < -0.3 is 15.0 Å². The number of hydrogen-bond acceptors (Lipinski definition) is 5. The summed E-state index contributed by atoms with van der Waals surface area (Å²) in [5, 5.41) is 0. The van der Waals surface area contributed by atoms with Gasteiger partial charge in [0.25, 0.3) is 5.91 Å². The van der Waals surface area contributed by atoms with Crippen molar-refractivity contribution < 1.29 is 9.53 Å². The third-order valence-corrected chi connectivity index (χ3v) is 6.18. The number of rotatable bonds is 6. The molecule has 3 heterocycles. The smallest absolute Gasteiger partial charge is 0.258 e. The number of amides is 1. The van der Waals surface area contributed by atoms with Gasteiger partial charge in [0.1, 0.15) is 11.6 Å². The number of thiophene rings is 1. The number of methoxy groups -OCH3 is 1. The molecule has 27 heavy (non-hydrogen) atoms. The van der Waals surface area contributed by atoms with E-state index in [-0.39, 0.29) is 5.91 Å². The van der Waals surface area contributed by atoms with E-state index in [0.29, 0.717) is 10.9 Å². The molecule has 1 fully saturated rings. The summed E-state index contributed by atoms with van der Waals surface area (Å²) in [7, 11) is 1.67. The molecule has 2 aromatic heterocycles. The van der Waals surface area contributed by atoms with Gasteiger partial charge in [0, 0.05) is 29.0 Å². The van der Waals surface area contributed by atoms with Crippen molar-refractivity contribution in [3.05, 3.63) is 64.4 Å². The first-order valence-electron chi connectivity index (χ1n) is 8.96. The van der Waals surface area contributed by atoms with Gasteiger partial charge in [0.05, 0.1) is 18.5 Å². The van der Waals surface area contributed by atoms with Gasteiger partial charge in [-0.25, -0.2) is 4.98 Å². The largest absolute Gasteiger partial charge is 0.497 e. The highest BCUT2D eigenvalue weighted by molar-refractivity contribution is 7.14. The molecule has 140 valence electrons. The first kappa shape index (κ1) is 17.8. The lowest BCUT2D eigenvalue weighted by molar-refractivity contribution is 0.100. The number of carbonyl (C=O) groups excluding carboxylic acids is 1. The zero-order valence-electron chi connectivity index (χ0n) is 15.2. The number of imidazole rings is 1. The van der Waals surface area contributed by atoms with Crippen LogP contribution in [0.3, 0.4) is 0 Å². The predicted octanol–water partition coefficient (Wildman–Crippen LogP) is 3.38. The van der Waals surface area contributed by atoms with E-state index in [0.717, 1.165) is 43.2 Å². The molecule has 1 aromatic carbocycles. The molecule has 0 saturated carbocycles. The van der Waals surface area contributed by atoms with Crippen LogP contribution in [0.15, 0.2) is 48.8 Å². The number of benzene rings is 1. The van der Waals surface area contributed by atoms with Crippen molar-refractivity contribution in [3.8, 4) is 11.4 Å². The Morgan fingerprint density at radius 1 is 1.30 bits per heavy atom. The summed E-state index contributed by atoms with van der Waals surface area (Å²) < 4.78 is 7.35. The lowest BCUT2D eigenvalue weighted by Crippen LogP contribution is -2.24. The van der Waals surface area contributed by atoms with Gasteiger partial charge in [-0.2, -0.15) is 0 Å². The fourth-order valence-electron chi connectivity index (χ4n) is 3.61. The van der Waals surface area contributed by atoms with Crippen LogP contribution >= 0.6 is 11.3 Å². The van der Waals surface area contributed by atoms with E-state index in [1.165, 1.54) is 16.2 Å². The third-order valence-electron chi connectivity index (χ3n) is 4.97. The number of hydrogen-bond donors (Lipinski definition) is 1. The van der Waals surface area contributed by atoms with Gasteiger partial charge >= 0.3 is 0 Å². The maximum absolute atomic E-state index is 11.4. The third kappa shape index (κ3) is 3.61. The molecule has 1 aliphatic heterocycles. The monoisotopic (exact) mass is 382 g/mol. The number of aromatic nitrogens is 2. The van der Waals surface area contributed by atoms with Gasteiger partial charge in [-0.1, -0.05) is 0 Å². The van der Waals surface area contributed by atoms with Crippen LogP contribution in [0.2, 0.25) is 0 Å². The summed E-state index contributed by atoms with van der Waals surface area (Å²) in [6.07, 6.45) is 6.04. The summed E-state index contributed by atoms with van der Waals surface area (Å²) in [5.41, 5.74) is 6.47. The molecule has 1 amide bonds. The average Bonchev–Trinajstić information content (AvgIpc) is 3.42. The molecule has 0 spiro atoms. The van der Waals surface area contributed by atoms with E-state index in [2.05, 4.69) is 14.5 Å². The highest BCUT2D eigenvalue weighted by Crippen LogP contribution is 2.36. The minimum absolute atomic E-state index is 0.309. The second-order valence-corrected chi connectivity index (χ2v) is 7.72. The number of nitrogens with zero attached hydrogens (tertiary/aromatic N) is 3. The summed E-state index contributed by atoms with van der Waals surface area (Å²) in [6.45, 7) is 1.78. The van der Waals surface area contributed by atoms with Gasteiger partial charge in [-0.3, -0.25) is 9.69 Å². The first-order valence-corrected chi connectivity index (χ1v) is 9.77. The molecule has 7 heteroatoms. The second-order valence-electron chi connectivity index (χ2n) is 6.61. The molecule has 0 bridgehead atoms. The van der Waals surface area contributed by atoms with Crippen molar-refractivity contribution in [3.63, 3.8) is 0 Å². The van der Waals surface area contributed by atoms with E-state index in [1.54, 1.807) is 7.11 Å². The highest BCUT2D eigenvalue weighted by Gasteiger charge is 2.28. The van der Waals surface area contributed by atoms with Crippen molar-refractivity contribution in [2.24, 2.45) is 5.73 Å². The quantitative estimate of drug-likeness (QED) is 0.709. The van der Waals surface area contributed by atoms with Crippen molar-refractivity contribution in [2.45, 2.75) is 25.4 Å². The summed E-state index contributed by atoms with van der Waals surface area (Å²) >= 11 is 1.50. The Morgan fingerprint density at radius 3 is 2.81 bits per heavy atom. The molecule has 0 unspecified atom stereocenters. The SMILES string of the molecule is COc1ccc(-n2ccnc2CN2CCC[C@@H]2c2ccc(C(N)=O)s2)cc1. The molecule has 2 N–H and O–H groups in total. The van der Waals surface area contributed by atoms with E-state index in [1.807, 2.05) is 48.8 Å². The van der Waals surface area contributed by atoms with Crippen LogP contribution in [-0.2, 0) is 6.54 Å². The normalized spacial score (nSPS) is 17.3. The number of carbonyl (C=O) groups is 1. The molecule has 4 rings (SSSR count). The van der Waals surface area contributed by atoms with Crippen LogP contribution in [0.25, 0.3) is 5.69 Å². The zero-order chi connectivity index (χ0) is 18.8. The summed E-state index contributed by atoms with van der Waals surface area (Å²) in [6, 6.07) is 12.1. The first-order chi connectivity index (χ1) is 13.2. The molecule has 0 aliphatic carbocycles. The molecule has 3 aromatic rings. The standard InChI is InChI=1S/C20H22N4O2S/c1-26-15-6-4-14(5-7-15)24-12-10-22-19(24)13-23-11-2-3-16(23)17-8-9-18(27-17)20(21)25/h4-10,12,16H,2-3,11,13H2,1H3,(H2,21,25)/t16-/m1/s1. The van der Waals surface area contributed by atoms with E-state index >= 15 is 0 Å². The Labute approximate surface area is 162 Å². The fraction of sp³-hybridized carbons (Fsp3) is 0.300. The number of nitrogens with two attached hydrogens (primary N) is 1. The van der Waals surface area contributed by atoms with Crippen LogP contribution in [0.5, 0.6) is 5.75 Å². The van der Waals surface area contributed by atoms with Gasteiger partial charge in [0.15, 0.2) is 0 Å². The van der Waals surface area contributed by atoms with Crippen LogP contribution in [0.4, 0.5) is 0 Å². The van der Waals surface area contributed by atoms with E-state index in [4.69, 9.17) is 10.5 Å². The lowest BCUT2D eigenvalue weighted by Gasteiger charge is -2.23. The number of likely N-dealkylation sites (tertiary alicyclic amines) is 1. The predicted molar refractivity (Wildman–Crippen MR) is 105 cm³/mol. The molecule has 1 saturated heterocycles. The fourth-order valence-corrected chi connectivity index (χ4v) is 4.64. The topological polar surface area (TPSA) is 73.4 Å². The summed E-state index contributed by atoms with van der Waals surface area (Å²) in [5.74, 6) is 1.48. The molecule has 0 radical (unpaired) electrons. The van der Waals surface area contributed by atoms with Gasteiger partial charge in [-0.05, 0) is 55.8 Å². The minimum atomic E-state index is -0.356. The maximum Gasteiger partial charge on any atom is 0.258 e. The second kappa shape index (κ2) is 7.54. The number of ether oxygens (including phenoxy) is 1. The van der Waals surface area contributed by atoms with E-state index < -0.39 is 0 Å². The molecule has 6 nitrogen and oxygen atoms in total. The van der Waals surface area contributed by atoms with Crippen molar-refractivity contribution >= 4 is 17.2 Å². The zero-order valence-corrected chi connectivity index (χ0v) is 16.0. The van der Waals surface area contributed by atoms with Crippen LogP contribution in [0.1, 0.15) is 39.3 Å². The molecular formula is C20H22N4O2S. The summed E-state index contributed by atoms with van der Waals surface area (Å²) in [4.78, 5) is 20.2. The van der Waals surface area contributed by atoms with Crippen molar-refractivity contribution in [1.29, 1.82) is 0 Å². The Morgan fingerprint density at radius 2 is 2.11 bits per heavy atom. The highest BCUT2D eigenvalue weighted by atomic mass is 32.1. The average molecular weight is 382 g/mol. The maximum atomic E-state index is 11.4. The van der Waals surface area contributed by atoms with Crippen molar-refractivity contribution in [1.82, 2.24) is 14.5 Å². The minimum Gasteiger partial charge on any atom is -0.497 e. The van der Waals surface area contributed by atoms with Crippen LogP contribution in [0, 0.1) is 0 Å². The lowest BCUT2D eigenvalue weighted by atomic mass is 10.2. The number of primary amides is 1. The van der Waals surface area contributed by atoms with Gasteiger partial charge in [-0.15, -0.1) is 11.3 Å². The molecule has 1 atom stereocenters. The molecular weight excluding hydrogens is 360 g/mol. The van der Waals surface area contributed by atoms with Crippen LogP contribution in [-0.4, -0.2) is 34.0 Å². The van der Waals surface area contributed by atoms with Crippen molar-refractivity contribution in [2.75, 3.05) is 13.7 Å². The van der Waals surface area contributed by atoms with Gasteiger partial charge in [0.2, 0.25) is 0 Å².